The van der Waals surface area contributed by atoms with Gasteiger partial charge in [0.1, 0.15) is 19.3 Å². The SMILES string of the molecule is CC(C)CCCCCCCCCCCCCC(=O)OC[C@H](COP(=O)(O)OCC(O)COP(=O)(O)OC[C@@H](COC(=O)CCCCCCCCCC(C)C)OC(=O)CCCCCCCCCCCCC(C)C)OC(=O)CCCCCCCCCCC(C)C. The van der Waals surface area contributed by atoms with E-state index in [0.717, 1.165) is 114 Å². The van der Waals surface area contributed by atoms with Crippen molar-refractivity contribution in [2.24, 2.45) is 23.7 Å². The average molecular weight is 1300 g/mol. The third-order valence-electron chi connectivity index (χ3n) is 15.8. The van der Waals surface area contributed by atoms with Gasteiger partial charge in [0.15, 0.2) is 12.2 Å². The predicted octanol–water partition coefficient (Wildman–Crippen LogP) is 19.3. The maximum absolute atomic E-state index is 13.0. The molecule has 0 saturated heterocycles. The highest BCUT2D eigenvalue weighted by molar-refractivity contribution is 7.47. The summed E-state index contributed by atoms with van der Waals surface area (Å²) in [5, 5.41) is 10.6. The van der Waals surface area contributed by atoms with Crippen LogP contribution >= 0.6 is 15.6 Å². The van der Waals surface area contributed by atoms with E-state index in [1.165, 1.54) is 135 Å². The molecule has 0 aromatic carbocycles. The molecule has 0 radical (unpaired) electrons. The number of carbonyl (C=O) groups is 4. The molecule has 0 amide bonds. The van der Waals surface area contributed by atoms with Gasteiger partial charge in [-0.2, -0.15) is 0 Å². The van der Waals surface area contributed by atoms with Gasteiger partial charge in [-0.05, 0) is 49.4 Å². The molecule has 5 atom stereocenters. The summed E-state index contributed by atoms with van der Waals surface area (Å²) in [6.45, 7) is 14.0. The average Bonchev–Trinajstić information content (AvgIpc) is 3.57. The van der Waals surface area contributed by atoms with E-state index in [9.17, 15) is 43.2 Å². The van der Waals surface area contributed by atoms with Gasteiger partial charge in [-0.1, -0.05) is 287 Å². The number of phosphoric ester groups is 2. The Labute approximate surface area is 537 Å². The molecule has 19 heteroatoms. The maximum atomic E-state index is 13.0. The van der Waals surface area contributed by atoms with Crippen LogP contribution in [0.3, 0.4) is 0 Å². The maximum Gasteiger partial charge on any atom is 0.472 e. The quantitative estimate of drug-likeness (QED) is 0.0222. The highest BCUT2D eigenvalue weighted by Gasteiger charge is 2.30. The minimum Gasteiger partial charge on any atom is -0.462 e. The summed E-state index contributed by atoms with van der Waals surface area (Å²) in [5.74, 6) is 0.814. The number of ether oxygens (including phenoxy) is 4. The molecule has 522 valence electrons. The summed E-state index contributed by atoms with van der Waals surface area (Å²) < 4.78 is 68.2. The van der Waals surface area contributed by atoms with Gasteiger partial charge in [0.25, 0.3) is 0 Å². The molecular weight excluding hydrogens is 1160 g/mol. The molecule has 0 rings (SSSR count). The van der Waals surface area contributed by atoms with Crippen molar-refractivity contribution in [3.63, 3.8) is 0 Å². The molecule has 0 aromatic rings. The second kappa shape index (κ2) is 58.8. The Balaban J connectivity index is 5.25. The molecule has 17 nitrogen and oxygen atoms in total. The fraction of sp³-hybridized carbons (Fsp3) is 0.942. The van der Waals surface area contributed by atoms with E-state index >= 15 is 0 Å². The van der Waals surface area contributed by atoms with E-state index in [1.54, 1.807) is 0 Å². The zero-order chi connectivity index (χ0) is 65.4. The second-order valence-electron chi connectivity index (χ2n) is 26.8. The molecular formula is C69H134O17P2. The molecule has 0 fully saturated rings. The molecule has 3 N–H and O–H groups in total. The molecule has 3 unspecified atom stereocenters. The van der Waals surface area contributed by atoms with E-state index < -0.39 is 97.5 Å². The van der Waals surface area contributed by atoms with Crippen LogP contribution < -0.4 is 0 Å². The van der Waals surface area contributed by atoms with Crippen LogP contribution in [0.1, 0.15) is 338 Å². The fourth-order valence-corrected chi connectivity index (χ4v) is 11.9. The number of phosphoric acid groups is 2. The van der Waals surface area contributed by atoms with Crippen LogP contribution in [-0.4, -0.2) is 96.7 Å². The number of aliphatic hydroxyl groups excluding tert-OH is 1. The van der Waals surface area contributed by atoms with Gasteiger partial charge in [0, 0.05) is 25.7 Å². The Hall–Kier alpha value is -1.94. The van der Waals surface area contributed by atoms with Crippen LogP contribution in [0.4, 0.5) is 0 Å². The first-order chi connectivity index (χ1) is 42.1. The molecule has 0 spiro atoms. The van der Waals surface area contributed by atoms with Gasteiger partial charge in [0.2, 0.25) is 0 Å². The lowest BCUT2D eigenvalue weighted by Crippen LogP contribution is -2.30. The van der Waals surface area contributed by atoms with Crippen molar-refractivity contribution in [1.29, 1.82) is 0 Å². The topological polar surface area (TPSA) is 237 Å². The second-order valence-corrected chi connectivity index (χ2v) is 29.7. The molecule has 0 aliphatic rings. The third-order valence-corrected chi connectivity index (χ3v) is 17.7. The molecule has 0 saturated carbocycles. The summed E-state index contributed by atoms with van der Waals surface area (Å²) in [6, 6.07) is 0. The van der Waals surface area contributed by atoms with Crippen LogP contribution in [0.2, 0.25) is 0 Å². The highest BCUT2D eigenvalue weighted by Crippen LogP contribution is 2.45. The minimum atomic E-state index is -4.95. The van der Waals surface area contributed by atoms with E-state index in [1.807, 2.05) is 0 Å². The molecule has 0 bridgehead atoms. The van der Waals surface area contributed by atoms with Crippen molar-refractivity contribution in [2.45, 2.75) is 356 Å². The molecule has 0 heterocycles. The highest BCUT2D eigenvalue weighted by atomic mass is 31.2. The summed E-state index contributed by atoms with van der Waals surface area (Å²) in [6.07, 6.45) is 40.4. The Morgan fingerprint density at radius 1 is 0.284 bits per heavy atom. The number of rotatable bonds is 66. The van der Waals surface area contributed by atoms with Crippen LogP contribution in [0.15, 0.2) is 0 Å². The summed E-state index contributed by atoms with van der Waals surface area (Å²) in [7, 11) is -9.90. The number of unbranched alkanes of at least 4 members (excludes halogenated alkanes) is 32. The molecule has 0 aliphatic carbocycles. The normalized spacial score (nSPS) is 14.3. The smallest absolute Gasteiger partial charge is 0.462 e. The number of hydrogen-bond donors (Lipinski definition) is 3. The van der Waals surface area contributed by atoms with Crippen molar-refractivity contribution in [2.75, 3.05) is 39.6 Å². The Bertz CT molecular complexity index is 1750. The lowest BCUT2D eigenvalue weighted by molar-refractivity contribution is -0.161. The van der Waals surface area contributed by atoms with E-state index in [0.29, 0.717) is 31.6 Å². The summed E-state index contributed by atoms with van der Waals surface area (Å²) in [4.78, 5) is 72.5. The first-order valence-electron chi connectivity index (χ1n) is 35.7. The van der Waals surface area contributed by atoms with Gasteiger partial charge in [-0.15, -0.1) is 0 Å². The van der Waals surface area contributed by atoms with Crippen molar-refractivity contribution in [3.8, 4) is 0 Å². The summed E-state index contributed by atoms with van der Waals surface area (Å²) >= 11 is 0. The lowest BCUT2D eigenvalue weighted by atomic mass is 10.0. The standard InChI is InChI=1S/C69H134O17P2/c1-59(2)45-37-29-21-14-10-9-11-16-25-33-41-49-66(71)79-55-64(86-69(74)52-44-36-27-19-18-23-31-39-47-61(5)6)57-83-87(75,76)81-53-63(70)54-82-88(77,78)84-58-65(56-80-67(72)50-42-34-28-20-24-32-40-48-62(7)8)85-68(73)51-43-35-26-17-13-12-15-22-30-38-46-60(3)4/h59-65,70H,9-58H2,1-8H3,(H,75,76)(H,77,78)/t63?,64-,65-/m1/s1. The fourth-order valence-electron chi connectivity index (χ4n) is 10.3. The number of esters is 4. The Morgan fingerprint density at radius 3 is 0.705 bits per heavy atom. The van der Waals surface area contributed by atoms with Gasteiger partial charge in [-0.3, -0.25) is 37.3 Å². The van der Waals surface area contributed by atoms with E-state index in [-0.39, 0.29) is 25.7 Å². The van der Waals surface area contributed by atoms with Gasteiger partial charge >= 0.3 is 39.5 Å². The van der Waals surface area contributed by atoms with Crippen molar-refractivity contribution in [1.82, 2.24) is 0 Å². The first-order valence-corrected chi connectivity index (χ1v) is 38.7. The van der Waals surface area contributed by atoms with E-state index in [2.05, 4.69) is 55.4 Å². The third kappa shape index (κ3) is 62.8. The Kier molecular flexibility index (Phi) is 57.6. The van der Waals surface area contributed by atoms with Crippen LogP contribution in [-0.2, 0) is 65.4 Å². The minimum absolute atomic E-state index is 0.104. The molecule has 0 aromatic heterocycles. The van der Waals surface area contributed by atoms with E-state index in [4.69, 9.17) is 37.0 Å². The molecule has 0 aliphatic heterocycles. The van der Waals surface area contributed by atoms with Crippen LogP contribution in [0.25, 0.3) is 0 Å². The predicted molar refractivity (Wildman–Crippen MR) is 354 cm³/mol. The van der Waals surface area contributed by atoms with Gasteiger partial charge in [0.05, 0.1) is 26.4 Å². The van der Waals surface area contributed by atoms with Crippen molar-refractivity contribution >= 4 is 39.5 Å². The lowest BCUT2D eigenvalue weighted by Gasteiger charge is -2.21. The van der Waals surface area contributed by atoms with Gasteiger partial charge < -0.3 is 33.8 Å². The zero-order valence-electron chi connectivity index (χ0n) is 57.3. The largest absolute Gasteiger partial charge is 0.472 e. The summed E-state index contributed by atoms with van der Waals surface area (Å²) in [5.41, 5.74) is 0. The number of hydrogen-bond acceptors (Lipinski definition) is 15. The Morgan fingerprint density at radius 2 is 0.477 bits per heavy atom. The van der Waals surface area contributed by atoms with Crippen LogP contribution in [0.5, 0.6) is 0 Å². The molecule has 88 heavy (non-hydrogen) atoms. The van der Waals surface area contributed by atoms with Crippen molar-refractivity contribution < 1.29 is 80.2 Å². The zero-order valence-corrected chi connectivity index (χ0v) is 59.1. The van der Waals surface area contributed by atoms with Crippen LogP contribution in [0, 0.1) is 23.7 Å². The monoisotopic (exact) mass is 1300 g/mol. The number of aliphatic hydroxyl groups is 1. The first kappa shape index (κ1) is 86.1. The number of carbonyl (C=O) groups excluding carboxylic acids is 4. The van der Waals surface area contributed by atoms with Crippen molar-refractivity contribution in [3.05, 3.63) is 0 Å². The van der Waals surface area contributed by atoms with Gasteiger partial charge in [-0.25, -0.2) is 9.13 Å².